The van der Waals surface area contributed by atoms with Crippen LogP contribution in [0.5, 0.6) is 5.75 Å². The van der Waals surface area contributed by atoms with Crippen LogP contribution in [0.3, 0.4) is 0 Å². The molecule has 1 aliphatic rings. The Labute approximate surface area is 159 Å². The summed E-state index contributed by atoms with van der Waals surface area (Å²) in [6, 6.07) is 10.6. The van der Waals surface area contributed by atoms with Gasteiger partial charge in [-0.05, 0) is 56.7 Å². The van der Waals surface area contributed by atoms with E-state index in [0.717, 1.165) is 17.1 Å². The minimum atomic E-state index is -3.03. The third kappa shape index (κ3) is 5.43. The van der Waals surface area contributed by atoms with Gasteiger partial charge in [-0.3, -0.25) is 4.79 Å². The molecule has 2 N–H and O–H groups in total. The van der Waals surface area contributed by atoms with E-state index in [2.05, 4.69) is 15.6 Å². The van der Waals surface area contributed by atoms with E-state index in [0.29, 0.717) is 6.42 Å². The summed E-state index contributed by atoms with van der Waals surface area (Å²) in [5.74, 6) is 0.554. The van der Waals surface area contributed by atoms with Crippen LogP contribution in [0, 0.1) is 0 Å². The number of aromatic nitrogens is 1. The van der Waals surface area contributed by atoms with Gasteiger partial charge in [0, 0.05) is 11.7 Å². The minimum absolute atomic E-state index is 0.00506. The van der Waals surface area contributed by atoms with Gasteiger partial charge in [-0.15, -0.1) is 0 Å². The Balaban J connectivity index is 1.57. The summed E-state index contributed by atoms with van der Waals surface area (Å²) in [6.07, 6.45) is 2.14. The number of nitrogens with zero attached hydrogens (tertiary/aromatic N) is 1. The largest absolute Gasteiger partial charge is 0.491 e. The van der Waals surface area contributed by atoms with Crippen molar-refractivity contribution in [1.82, 2.24) is 10.3 Å². The van der Waals surface area contributed by atoms with Crippen molar-refractivity contribution in [2.45, 2.75) is 32.4 Å². The summed E-state index contributed by atoms with van der Waals surface area (Å²) >= 11 is 0. The van der Waals surface area contributed by atoms with Gasteiger partial charge in [-0.2, -0.15) is 0 Å². The second-order valence-electron chi connectivity index (χ2n) is 6.82. The van der Waals surface area contributed by atoms with Gasteiger partial charge in [0.25, 0.3) is 5.91 Å². The molecule has 0 aliphatic carbocycles. The number of amides is 1. The van der Waals surface area contributed by atoms with E-state index in [1.807, 2.05) is 38.1 Å². The zero-order valence-electron chi connectivity index (χ0n) is 15.3. The summed E-state index contributed by atoms with van der Waals surface area (Å²) in [5, 5.41) is 5.93. The smallest absolute Gasteiger partial charge is 0.270 e. The van der Waals surface area contributed by atoms with Crippen molar-refractivity contribution in [1.29, 1.82) is 0 Å². The summed E-state index contributed by atoms with van der Waals surface area (Å²) < 4.78 is 28.5. The van der Waals surface area contributed by atoms with Crippen molar-refractivity contribution >= 4 is 27.1 Å². The SMILES string of the molecule is CC(C)Oc1ccc(Nc2ccc(C(=O)NC3CCS(=O)(=O)C3)nc2)cc1. The van der Waals surface area contributed by atoms with Crippen LogP contribution in [0.15, 0.2) is 42.6 Å². The Morgan fingerprint density at radius 3 is 2.41 bits per heavy atom. The number of sulfone groups is 1. The fourth-order valence-corrected chi connectivity index (χ4v) is 4.50. The molecule has 1 aromatic heterocycles. The number of rotatable bonds is 6. The van der Waals surface area contributed by atoms with Crippen molar-refractivity contribution in [3.05, 3.63) is 48.3 Å². The van der Waals surface area contributed by atoms with E-state index >= 15 is 0 Å². The Hall–Kier alpha value is -2.61. The lowest BCUT2D eigenvalue weighted by Crippen LogP contribution is -2.36. The molecular weight excluding hydrogens is 366 g/mol. The Bertz CT molecular complexity index is 894. The molecule has 0 radical (unpaired) electrons. The molecule has 1 saturated heterocycles. The fraction of sp³-hybridized carbons (Fsp3) is 0.368. The van der Waals surface area contributed by atoms with Crippen LogP contribution in [0.4, 0.5) is 11.4 Å². The first-order valence-corrected chi connectivity index (χ1v) is 10.6. The van der Waals surface area contributed by atoms with Crippen LogP contribution < -0.4 is 15.4 Å². The number of hydrogen-bond donors (Lipinski definition) is 2. The molecule has 2 aromatic rings. The minimum Gasteiger partial charge on any atom is -0.491 e. The molecular formula is C19H23N3O4S. The third-order valence-electron chi connectivity index (χ3n) is 4.08. The highest BCUT2D eigenvalue weighted by Gasteiger charge is 2.29. The Morgan fingerprint density at radius 1 is 1.15 bits per heavy atom. The maximum absolute atomic E-state index is 12.2. The molecule has 1 fully saturated rings. The van der Waals surface area contributed by atoms with Gasteiger partial charge < -0.3 is 15.4 Å². The van der Waals surface area contributed by atoms with Crippen LogP contribution in [-0.4, -0.2) is 43.0 Å². The first-order chi connectivity index (χ1) is 12.8. The third-order valence-corrected chi connectivity index (χ3v) is 5.85. The van der Waals surface area contributed by atoms with E-state index in [-0.39, 0.29) is 35.3 Å². The molecule has 0 bridgehead atoms. The second-order valence-corrected chi connectivity index (χ2v) is 9.05. The number of carbonyl (C=O) groups is 1. The van der Waals surface area contributed by atoms with E-state index in [9.17, 15) is 13.2 Å². The molecule has 27 heavy (non-hydrogen) atoms. The highest BCUT2D eigenvalue weighted by atomic mass is 32.2. The topological polar surface area (TPSA) is 97.4 Å². The molecule has 144 valence electrons. The van der Waals surface area contributed by atoms with Crippen LogP contribution in [-0.2, 0) is 9.84 Å². The molecule has 1 unspecified atom stereocenters. The van der Waals surface area contributed by atoms with Crippen molar-refractivity contribution in [3.63, 3.8) is 0 Å². The normalized spacial score (nSPS) is 18.3. The molecule has 1 aliphatic heterocycles. The van der Waals surface area contributed by atoms with Crippen LogP contribution in [0.25, 0.3) is 0 Å². The van der Waals surface area contributed by atoms with Gasteiger partial charge in [-0.25, -0.2) is 13.4 Å². The monoisotopic (exact) mass is 389 g/mol. The number of nitrogens with one attached hydrogen (secondary N) is 2. The maximum Gasteiger partial charge on any atom is 0.270 e. The summed E-state index contributed by atoms with van der Waals surface area (Å²) in [4.78, 5) is 16.4. The highest BCUT2D eigenvalue weighted by molar-refractivity contribution is 7.91. The van der Waals surface area contributed by atoms with E-state index in [4.69, 9.17) is 4.74 Å². The van der Waals surface area contributed by atoms with Crippen molar-refractivity contribution in [2.75, 3.05) is 16.8 Å². The van der Waals surface area contributed by atoms with Crippen molar-refractivity contribution < 1.29 is 17.9 Å². The van der Waals surface area contributed by atoms with Gasteiger partial charge in [-0.1, -0.05) is 0 Å². The summed E-state index contributed by atoms with van der Waals surface area (Å²) in [7, 11) is -3.03. The number of anilines is 2. The number of carbonyl (C=O) groups excluding carboxylic acids is 1. The molecule has 1 atom stereocenters. The zero-order chi connectivity index (χ0) is 19.4. The highest BCUT2D eigenvalue weighted by Crippen LogP contribution is 2.20. The summed E-state index contributed by atoms with van der Waals surface area (Å²) in [5.41, 5.74) is 1.87. The molecule has 3 rings (SSSR count). The maximum atomic E-state index is 12.2. The number of ether oxygens (including phenoxy) is 1. The Morgan fingerprint density at radius 2 is 1.85 bits per heavy atom. The molecule has 0 spiro atoms. The first kappa shape index (κ1) is 19.2. The zero-order valence-corrected chi connectivity index (χ0v) is 16.1. The van der Waals surface area contributed by atoms with Crippen molar-refractivity contribution in [3.8, 4) is 5.75 Å². The number of pyridine rings is 1. The predicted octanol–water partition coefficient (Wildman–Crippen LogP) is 2.53. The van der Waals surface area contributed by atoms with Crippen LogP contribution in [0.1, 0.15) is 30.8 Å². The Kier molecular flexibility index (Phi) is 5.65. The molecule has 0 saturated carbocycles. The molecule has 1 amide bonds. The van der Waals surface area contributed by atoms with Gasteiger partial charge >= 0.3 is 0 Å². The quantitative estimate of drug-likeness (QED) is 0.788. The van der Waals surface area contributed by atoms with E-state index in [1.165, 1.54) is 0 Å². The summed E-state index contributed by atoms with van der Waals surface area (Å²) in [6.45, 7) is 3.95. The van der Waals surface area contributed by atoms with E-state index in [1.54, 1.807) is 18.3 Å². The van der Waals surface area contributed by atoms with Gasteiger partial charge in [0.1, 0.15) is 11.4 Å². The molecule has 7 nitrogen and oxygen atoms in total. The average Bonchev–Trinajstić information content (AvgIpc) is 2.95. The second kappa shape index (κ2) is 7.96. The fourth-order valence-electron chi connectivity index (χ4n) is 2.83. The number of benzene rings is 1. The molecule has 8 heteroatoms. The standard InChI is InChI=1S/C19H23N3O4S/c1-13(2)26-17-6-3-14(4-7-17)21-15-5-8-18(20-11-15)19(23)22-16-9-10-27(24,25)12-16/h3-8,11,13,16,21H,9-10,12H2,1-2H3,(H,22,23). The number of hydrogen-bond acceptors (Lipinski definition) is 6. The van der Waals surface area contributed by atoms with Gasteiger partial charge in [0.15, 0.2) is 9.84 Å². The lowest BCUT2D eigenvalue weighted by molar-refractivity contribution is 0.0936. The van der Waals surface area contributed by atoms with E-state index < -0.39 is 9.84 Å². The average molecular weight is 389 g/mol. The van der Waals surface area contributed by atoms with Gasteiger partial charge in [0.2, 0.25) is 0 Å². The first-order valence-electron chi connectivity index (χ1n) is 8.82. The van der Waals surface area contributed by atoms with Crippen LogP contribution in [0.2, 0.25) is 0 Å². The van der Waals surface area contributed by atoms with Crippen LogP contribution >= 0.6 is 0 Å². The lowest BCUT2D eigenvalue weighted by atomic mass is 10.2. The molecule has 1 aromatic carbocycles. The van der Waals surface area contributed by atoms with Crippen molar-refractivity contribution in [2.24, 2.45) is 0 Å². The molecule has 2 heterocycles. The van der Waals surface area contributed by atoms with Gasteiger partial charge in [0.05, 0.1) is 29.5 Å². The predicted molar refractivity (Wildman–Crippen MR) is 104 cm³/mol. The lowest BCUT2D eigenvalue weighted by Gasteiger charge is -2.12.